The molecule has 0 bridgehead atoms. The first-order valence-electron chi connectivity index (χ1n) is 8.30. The van der Waals surface area contributed by atoms with Crippen LogP contribution in [-0.2, 0) is 0 Å². The molecule has 0 aliphatic carbocycles. The summed E-state index contributed by atoms with van der Waals surface area (Å²) >= 11 is 0. The van der Waals surface area contributed by atoms with Gasteiger partial charge in [-0.25, -0.2) is 0 Å². The van der Waals surface area contributed by atoms with Gasteiger partial charge in [0, 0.05) is 52.4 Å². The highest BCUT2D eigenvalue weighted by Gasteiger charge is 2.05. The third-order valence-corrected chi connectivity index (χ3v) is 3.93. The molecule has 0 radical (unpaired) electrons. The van der Waals surface area contributed by atoms with Crippen molar-refractivity contribution in [3.8, 4) is 0 Å². The molecule has 3 aliphatic heterocycles. The third-order valence-electron chi connectivity index (χ3n) is 3.93. The van der Waals surface area contributed by atoms with Crippen LogP contribution in [0, 0.1) is 5.92 Å². The molecule has 3 rings (SSSR count). The van der Waals surface area contributed by atoms with Gasteiger partial charge in [0.15, 0.2) is 0 Å². The summed E-state index contributed by atoms with van der Waals surface area (Å²) in [7, 11) is 2.15. The maximum atomic E-state index is 3.32. The Balaban J connectivity index is 0.000000151. The standard InChI is InChI=1S/C6H13N.C5H12N2.C4H10N2/c1-6-2-4-7-5-3-6;1-7-4-2-6-3-5-7;1-2-6-4-3-5-1/h6-7H,2-5H2,1H3;6H,2-5H2,1H3;5-6H,1-4H2. The minimum Gasteiger partial charge on any atom is -0.317 e. The Bertz CT molecular complexity index is 169. The minimum atomic E-state index is 0.973. The van der Waals surface area contributed by atoms with E-state index in [0.29, 0.717) is 0 Å². The van der Waals surface area contributed by atoms with Gasteiger partial charge in [-0.05, 0) is 38.9 Å². The van der Waals surface area contributed by atoms with Crippen molar-refractivity contribution in [3.63, 3.8) is 0 Å². The molecule has 0 aromatic rings. The summed E-state index contributed by atoms with van der Waals surface area (Å²) in [6, 6.07) is 0. The van der Waals surface area contributed by atoms with Crippen LogP contribution in [0.15, 0.2) is 0 Å². The lowest BCUT2D eigenvalue weighted by Crippen LogP contribution is -2.40. The monoisotopic (exact) mass is 285 g/mol. The van der Waals surface area contributed by atoms with Gasteiger partial charge in [0.2, 0.25) is 0 Å². The molecule has 3 saturated heterocycles. The molecular weight excluding hydrogens is 250 g/mol. The van der Waals surface area contributed by atoms with Crippen LogP contribution in [0.25, 0.3) is 0 Å². The Morgan fingerprint density at radius 3 is 1.30 bits per heavy atom. The van der Waals surface area contributed by atoms with Gasteiger partial charge in [-0.2, -0.15) is 0 Å². The fourth-order valence-electron chi connectivity index (χ4n) is 2.35. The van der Waals surface area contributed by atoms with Gasteiger partial charge in [-0.15, -0.1) is 0 Å². The minimum absolute atomic E-state index is 0.973. The molecule has 0 aromatic carbocycles. The van der Waals surface area contributed by atoms with Crippen molar-refractivity contribution in [2.75, 3.05) is 72.5 Å². The van der Waals surface area contributed by atoms with E-state index in [1.54, 1.807) is 0 Å². The van der Waals surface area contributed by atoms with Gasteiger partial charge in [-0.1, -0.05) is 6.92 Å². The topological polar surface area (TPSA) is 51.4 Å². The zero-order valence-electron chi connectivity index (χ0n) is 13.5. The molecule has 0 amide bonds. The number of hydrogen-bond acceptors (Lipinski definition) is 5. The van der Waals surface area contributed by atoms with E-state index in [-0.39, 0.29) is 0 Å². The van der Waals surface area contributed by atoms with Gasteiger partial charge in [0.05, 0.1) is 0 Å². The lowest BCUT2D eigenvalue weighted by atomic mass is 10.0. The smallest absolute Gasteiger partial charge is 0.0104 e. The summed E-state index contributed by atoms with van der Waals surface area (Å²) in [6.07, 6.45) is 2.75. The number of nitrogens with zero attached hydrogens (tertiary/aromatic N) is 1. The van der Waals surface area contributed by atoms with Crippen molar-refractivity contribution < 1.29 is 0 Å². The van der Waals surface area contributed by atoms with Crippen LogP contribution < -0.4 is 21.3 Å². The molecule has 0 spiro atoms. The molecule has 0 aromatic heterocycles. The molecule has 4 N–H and O–H groups in total. The van der Waals surface area contributed by atoms with E-state index in [1.807, 2.05) is 0 Å². The maximum absolute atomic E-state index is 3.32. The molecule has 0 saturated carbocycles. The van der Waals surface area contributed by atoms with Crippen LogP contribution in [-0.4, -0.2) is 77.4 Å². The van der Waals surface area contributed by atoms with E-state index >= 15 is 0 Å². The second kappa shape index (κ2) is 12.5. The number of hydrogen-bond donors (Lipinski definition) is 4. The molecule has 3 heterocycles. The van der Waals surface area contributed by atoms with Gasteiger partial charge in [-0.3, -0.25) is 0 Å². The van der Waals surface area contributed by atoms with Crippen LogP contribution in [0.4, 0.5) is 0 Å². The van der Waals surface area contributed by atoms with E-state index in [1.165, 1.54) is 39.0 Å². The summed E-state index contributed by atoms with van der Waals surface area (Å²) in [6.45, 7) is 14.1. The van der Waals surface area contributed by atoms with Crippen LogP contribution in [0.1, 0.15) is 19.8 Å². The molecule has 3 fully saturated rings. The summed E-state index contributed by atoms with van der Waals surface area (Å²) < 4.78 is 0. The van der Waals surface area contributed by atoms with E-state index in [2.05, 4.69) is 40.1 Å². The number of likely N-dealkylation sites (N-methyl/N-ethyl adjacent to an activating group) is 1. The first kappa shape index (κ1) is 17.9. The van der Waals surface area contributed by atoms with Gasteiger partial charge >= 0.3 is 0 Å². The largest absolute Gasteiger partial charge is 0.317 e. The molecule has 20 heavy (non-hydrogen) atoms. The summed E-state index contributed by atoms with van der Waals surface area (Å²) in [5.74, 6) is 0.973. The quantitative estimate of drug-likeness (QED) is 0.493. The predicted octanol–water partition coefficient (Wildman–Crippen LogP) is -0.293. The van der Waals surface area contributed by atoms with Crippen molar-refractivity contribution >= 4 is 0 Å². The van der Waals surface area contributed by atoms with Crippen LogP contribution in [0.3, 0.4) is 0 Å². The molecule has 3 aliphatic rings. The zero-order chi connectivity index (χ0) is 14.5. The summed E-state index contributed by atoms with van der Waals surface area (Å²) in [5.41, 5.74) is 0. The lowest BCUT2D eigenvalue weighted by Gasteiger charge is -2.21. The predicted molar refractivity (Wildman–Crippen MR) is 87.4 cm³/mol. The fourth-order valence-corrected chi connectivity index (χ4v) is 2.35. The first-order valence-corrected chi connectivity index (χ1v) is 8.30. The second-order valence-corrected chi connectivity index (χ2v) is 5.99. The van der Waals surface area contributed by atoms with Crippen LogP contribution in [0.2, 0.25) is 0 Å². The molecule has 0 atom stereocenters. The molecule has 5 nitrogen and oxygen atoms in total. The van der Waals surface area contributed by atoms with Crippen molar-refractivity contribution in [3.05, 3.63) is 0 Å². The Kier molecular flexibility index (Phi) is 11.2. The molecule has 0 unspecified atom stereocenters. The lowest BCUT2D eigenvalue weighted by molar-refractivity contribution is 0.291. The summed E-state index contributed by atoms with van der Waals surface area (Å²) in [4.78, 5) is 2.33. The number of piperidine rings is 1. The first-order chi connectivity index (χ1) is 9.79. The second-order valence-electron chi connectivity index (χ2n) is 5.99. The SMILES string of the molecule is C1CNCCN1.CC1CCNCC1.CN1CCNCC1. The van der Waals surface area contributed by atoms with E-state index in [9.17, 15) is 0 Å². The molecular formula is C15H35N5. The number of nitrogens with one attached hydrogen (secondary N) is 4. The highest BCUT2D eigenvalue weighted by Crippen LogP contribution is 2.08. The number of piperazine rings is 2. The average Bonchev–Trinajstić information content (AvgIpc) is 2.52. The van der Waals surface area contributed by atoms with Crippen LogP contribution >= 0.6 is 0 Å². The zero-order valence-corrected chi connectivity index (χ0v) is 13.5. The normalized spacial score (nSPS) is 24.9. The van der Waals surface area contributed by atoms with Crippen molar-refractivity contribution in [1.82, 2.24) is 26.2 Å². The highest BCUT2D eigenvalue weighted by molar-refractivity contribution is 4.63. The van der Waals surface area contributed by atoms with Crippen LogP contribution in [0.5, 0.6) is 0 Å². The number of rotatable bonds is 0. The molecule has 120 valence electrons. The van der Waals surface area contributed by atoms with E-state index in [0.717, 1.165) is 45.2 Å². The Morgan fingerprint density at radius 2 is 1.05 bits per heavy atom. The van der Waals surface area contributed by atoms with E-state index < -0.39 is 0 Å². The Morgan fingerprint density at radius 1 is 0.650 bits per heavy atom. The fraction of sp³-hybridized carbons (Fsp3) is 1.00. The average molecular weight is 285 g/mol. The highest BCUT2D eigenvalue weighted by atomic mass is 15.2. The van der Waals surface area contributed by atoms with Gasteiger partial charge < -0.3 is 26.2 Å². The maximum Gasteiger partial charge on any atom is 0.0104 e. The van der Waals surface area contributed by atoms with Crippen molar-refractivity contribution in [2.24, 2.45) is 5.92 Å². The molecule has 5 heteroatoms. The summed E-state index contributed by atoms with van der Waals surface area (Å²) in [5, 5.41) is 13.0. The Hall–Kier alpha value is -0.200. The van der Waals surface area contributed by atoms with Gasteiger partial charge in [0.25, 0.3) is 0 Å². The van der Waals surface area contributed by atoms with Crippen molar-refractivity contribution in [2.45, 2.75) is 19.8 Å². The van der Waals surface area contributed by atoms with Gasteiger partial charge in [0.1, 0.15) is 0 Å². The third kappa shape index (κ3) is 10.6. The van der Waals surface area contributed by atoms with Crippen molar-refractivity contribution in [1.29, 1.82) is 0 Å². The Labute approximate surface area is 125 Å². The van der Waals surface area contributed by atoms with E-state index in [4.69, 9.17) is 0 Å².